The van der Waals surface area contributed by atoms with Gasteiger partial charge in [0.2, 0.25) is 0 Å². The minimum atomic E-state index is 0.583. The van der Waals surface area contributed by atoms with Crippen LogP contribution in [-0.2, 0) is 0 Å². The Morgan fingerprint density at radius 3 is 0.741 bits per heavy atom. The van der Waals surface area contributed by atoms with Crippen molar-refractivity contribution < 1.29 is 0 Å². The molecule has 170 valence electrons. The molecule has 0 fully saturated rings. The van der Waals surface area contributed by atoms with Gasteiger partial charge in [-0.05, 0) is 35.0 Å². The van der Waals surface area contributed by atoms with Crippen LogP contribution >= 0.6 is 0 Å². The molecule has 0 heteroatoms. The second-order valence-corrected chi connectivity index (χ2v) is 10.1. The van der Waals surface area contributed by atoms with Crippen LogP contribution in [0.25, 0.3) is 0 Å². The Kier molecular flexibility index (Phi) is 28.5. The fourth-order valence-electron chi connectivity index (χ4n) is 1.48. The molecule has 0 amide bonds. The molecule has 0 heterocycles. The minimum Gasteiger partial charge on any atom is -0.0651 e. The molecule has 0 N–H and O–H groups in total. The van der Waals surface area contributed by atoms with Crippen LogP contribution in [-0.4, -0.2) is 0 Å². The molecule has 0 aromatic heterocycles. The average molecular weight is 387 g/mol. The van der Waals surface area contributed by atoms with Gasteiger partial charge in [-0.3, -0.25) is 0 Å². The van der Waals surface area contributed by atoms with E-state index in [9.17, 15) is 0 Å². The van der Waals surface area contributed by atoms with E-state index in [1.807, 2.05) is 0 Å². The molecule has 0 radical (unpaired) electrons. The molecular weight excluding hydrogens is 324 g/mol. The molecule has 0 aliphatic carbocycles. The van der Waals surface area contributed by atoms with Gasteiger partial charge in [0.25, 0.3) is 0 Å². The molecular formula is C27H62. The SMILES string of the molecule is CCC(C)(C)CC.CCC(C)C(C)C.CCC(C)C(C)C.CCC(C)CC. The first-order chi connectivity index (χ1) is 12.3. The molecule has 0 saturated carbocycles. The second-order valence-electron chi connectivity index (χ2n) is 10.1. The largest absolute Gasteiger partial charge is 0.0651 e. The van der Waals surface area contributed by atoms with Gasteiger partial charge >= 0.3 is 0 Å². The molecule has 0 rings (SSSR count). The van der Waals surface area contributed by atoms with E-state index in [1.165, 1.54) is 38.5 Å². The monoisotopic (exact) mass is 386 g/mol. The summed E-state index contributed by atoms with van der Waals surface area (Å²) in [7, 11) is 0. The van der Waals surface area contributed by atoms with Crippen molar-refractivity contribution in [2.75, 3.05) is 0 Å². The van der Waals surface area contributed by atoms with E-state index in [1.54, 1.807) is 0 Å². The van der Waals surface area contributed by atoms with Crippen LogP contribution in [0.2, 0.25) is 0 Å². The summed E-state index contributed by atoms with van der Waals surface area (Å²) in [5.41, 5.74) is 0.583. The van der Waals surface area contributed by atoms with Crippen LogP contribution in [0.3, 0.4) is 0 Å². The van der Waals surface area contributed by atoms with Crippen LogP contribution in [0, 0.1) is 35.0 Å². The Bertz CT molecular complexity index is 225. The first-order valence-electron chi connectivity index (χ1n) is 12.3. The van der Waals surface area contributed by atoms with Gasteiger partial charge in [-0.2, -0.15) is 0 Å². The van der Waals surface area contributed by atoms with Crippen molar-refractivity contribution >= 4 is 0 Å². The van der Waals surface area contributed by atoms with Crippen LogP contribution in [0.15, 0.2) is 0 Å². The van der Waals surface area contributed by atoms with Crippen molar-refractivity contribution in [3.05, 3.63) is 0 Å². The van der Waals surface area contributed by atoms with Gasteiger partial charge in [-0.25, -0.2) is 0 Å². The topological polar surface area (TPSA) is 0 Å². The molecule has 0 aromatic rings. The molecule has 0 bridgehead atoms. The predicted molar refractivity (Wildman–Crippen MR) is 133 cm³/mol. The summed E-state index contributed by atoms with van der Waals surface area (Å²) in [5.74, 6) is 4.47. The zero-order valence-electron chi connectivity index (χ0n) is 22.6. The smallest absolute Gasteiger partial charge is 0.0359 e. The second kappa shape index (κ2) is 22.3. The van der Waals surface area contributed by atoms with Crippen LogP contribution in [0.4, 0.5) is 0 Å². The van der Waals surface area contributed by atoms with E-state index in [0.29, 0.717) is 5.41 Å². The van der Waals surface area contributed by atoms with Gasteiger partial charge in [0.05, 0.1) is 0 Å². The third kappa shape index (κ3) is 30.9. The predicted octanol–water partition coefficient (Wildman–Crippen LogP) is 10.7. The molecule has 0 aromatic carbocycles. The van der Waals surface area contributed by atoms with Crippen molar-refractivity contribution in [2.45, 2.75) is 142 Å². The molecule has 0 aliphatic heterocycles. The number of hydrogen-bond acceptors (Lipinski definition) is 0. The van der Waals surface area contributed by atoms with Crippen molar-refractivity contribution in [3.63, 3.8) is 0 Å². The van der Waals surface area contributed by atoms with E-state index >= 15 is 0 Å². The highest BCUT2D eigenvalue weighted by Crippen LogP contribution is 2.22. The first kappa shape index (κ1) is 34.5. The molecule has 0 nitrogen and oxygen atoms in total. The van der Waals surface area contributed by atoms with E-state index < -0.39 is 0 Å². The van der Waals surface area contributed by atoms with Crippen LogP contribution in [0.1, 0.15) is 142 Å². The third-order valence-corrected chi connectivity index (χ3v) is 6.87. The van der Waals surface area contributed by atoms with Gasteiger partial charge in [0, 0.05) is 0 Å². The van der Waals surface area contributed by atoms with Gasteiger partial charge < -0.3 is 0 Å². The highest BCUT2D eigenvalue weighted by Gasteiger charge is 2.09. The third-order valence-electron chi connectivity index (χ3n) is 6.87. The van der Waals surface area contributed by atoms with Gasteiger partial charge in [-0.1, -0.05) is 142 Å². The Hall–Kier alpha value is 0. The fourth-order valence-corrected chi connectivity index (χ4v) is 1.48. The Morgan fingerprint density at radius 2 is 0.741 bits per heavy atom. The first-order valence-corrected chi connectivity index (χ1v) is 12.3. The summed E-state index contributed by atoms with van der Waals surface area (Å²) in [6.45, 7) is 34.0. The average Bonchev–Trinajstić information content (AvgIpc) is 2.66. The zero-order chi connectivity index (χ0) is 22.6. The van der Waals surface area contributed by atoms with Crippen LogP contribution < -0.4 is 0 Å². The molecule has 0 saturated heterocycles. The summed E-state index contributed by atoms with van der Waals surface area (Å²) >= 11 is 0. The normalized spacial score (nSPS) is 13.1. The van der Waals surface area contributed by atoms with E-state index in [-0.39, 0.29) is 0 Å². The lowest BCUT2D eigenvalue weighted by Gasteiger charge is -2.18. The van der Waals surface area contributed by atoms with Crippen LogP contribution in [0.5, 0.6) is 0 Å². The van der Waals surface area contributed by atoms with E-state index in [0.717, 1.165) is 29.6 Å². The Morgan fingerprint density at radius 1 is 0.481 bits per heavy atom. The maximum atomic E-state index is 2.30. The maximum absolute atomic E-state index is 2.30. The zero-order valence-corrected chi connectivity index (χ0v) is 22.6. The van der Waals surface area contributed by atoms with E-state index in [4.69, 9.17) is 0 Å². The van der Waals surface area contributed by atoms with Crippen molar-refractivity contribution in [2.24, 2.45) is 35.0 Å². The highest BCUT2D eigenvalue weighted by atomic mass is 14.2. The maximum Gasteiger partial charge on any atom is -0.0359 e. The Labute approximate surface area is 177 Å². The molecule has 27 heavy (non-hydrogen) atoms. The summed E-state index contributed by atoms with van der Waals surface area (Å²) in [6.07, 6.45) is 7.88. The van der Waals surface area contributed by atoms with Crippen molar-refractivity contribution in [1.82, 2.24) is 0 Å². The van der Waals surface area contributed by atoms with E-state index in [2.05, 4.69) is 104 Å². The molecule has 2 atom stereocenters. The molecule has 0 spiro atoms. The van der Waals surface area contributed by atoms with Gasteiger partial charge in [0.15, 0.2) is 0 Å². The van der Waals surface area contributed by atoms with Crippen molar-refractivity contribution in [3.8, 4) is 0 Å². The lowest BCUT2D eigenvalue weighted by atomic mass is 9.88. The highest BCUT2D eigenvalue weighted by molar-refractivity contribution is 4.61. The standard InChI is InChI=1S/3C7H16.C6H14/c1-5-7(3,4)6-2;2*1-5-7(4)6(2)3;1-4-6(3)5-2/h5-6H2,1-4H3;2*6-7H,5H2,1-4H3;6H,4-5H2,1-3H3. The minimum absolute atomic E-state index is 0.583. The van der Waals surface area contributed by atoms with Gasteiger partial charge in [-0.15, -0.1) is 0 Å². The lowest BCUT2D eigenvalue weighted by Crippen LogP contribution is -2.05. The molecule has 2 unspecified atom stereocenters. The summed E-state index contributed by atoms with van der Waals surface area (Å²) in [6, 6.07) is 0. The summed E-state index contributed by atoms with van der Waals surface area (Å²) < 4.78 is 0. The quantitative estimate of drug-likeness (QED) is 0.389. The summed E-state index contributed by atoms with van der Waals surface area (Å²) in [4.78, 5) is 0. The van der Waals surface area contributed by atoms with Gasteiger partial charge in [0.1, 0.15) is 0 Å². The number of hydrogen-bond donors (Lipinski definition) is 0. The lowest BCUT2D eigenvalue weighted by molar-refractivity contribution is 0.338. The Balaban J connectivity index is -0.000000131. The van der Waals surface area contributed by atoms with Crippen molar-refractivity contribution in [1.29, 1.82) is 0 Å². The molecule has 0 aliphatic rings. The number of rotatable bonds is 8. The summed E-state index contributed by atoms with van der Waals surface area (Å²) in [5, 5.41) is 0. The fraction of sp³-hybridized carbons (Fsp3) is 1.00.